The Balaban J connectivity index is 3.32. The average Bonchev–Trinajstić information content (AvgIpc) is 2.15. The minimum atomic E-state index is -0.666. The number of ether oxygens (including phenoxy) is 1. The summed E-state index contributed by atoms with van der Waals surface area (Å²) < 4.78 is 18.0. The van der Waals surface area contributed by atoms with Gasteiger partial charge in [0, 0.05) is 11.8 Å². The number of halogens is 2. The third-order valence-electron chi connectivity index (χ3n) is 1.69. The normalized spacial score (nSPS) is 9.93. The van der Waals surface area contributed by atoms with Gasteiger partial charge in [-0.25, -0.2) is 4.39 Å². The van der Waals surface area contributed by atoms with E-state index in [0.717, 1.165) is 6.07 Å². The van der Waals surface area contributed by atoms with E-state index in [0.29, 0.717) is 0 Å². The number of hydrogen-bond donors (Lipinski definition) is 1. The lowest BCUT2D eigenvalue weighted by Crippen LogP contribution is -2.06. The molecule has 3 nitrogen and oxygen atoms in total. The highest BCUT2D eigenvalue weighted by molar-refractivity contribution is 6.30. The van der Waals surface area contributed by atoms with Crippen LogP contribution in [0, 0.1) is 5.82 Å². The van der Waals surface area contributed by atoms with Crippen molar-refractivity contribution >= 4 is 23.1 Å². The predicted octanol–water partition coefficient (Wildman–Crippen LogP) is 1.84. The molecule has 0 bridgehead atoms. The first kappa shape index (κ1) is 10.8. The Hall–Kier alpha value is -1.29. The molecule has 0 aliphatic carbocycles. The Bertz CT molecular complexity index is 368. The number of carbonyl (C=O) groups excluding carboxylic acids is 1. The van der Waals surface area contributed by atoms with Crippen LogP contribution in [0.25, 0.3) is 0 Å². The third-order valence-corrected chi connectivity index (χ3v) is 1.93. The van der Waals surface area contributed by atoms with Crippen molar-refractivity contribution in [2.45, 2.75) is 0 Å². The first-order valence-electron chi connectivity index (χ1n) is 3.82. The number of alkyl halides is 1. The number of methoxy groups -OCH3 is 1. The molecule has 0 spiro atoms. The number of Topliss-reactive ketones (excluding diaryl/α,β-unsaturated/α-hetero) is 1. The summed E-state index contributed by atoms with van der Waals surface area (Å²) in [5.74, 6) is -1.44. The standard InChI is InChI=1S/C9H9ClFNO2/c1-14-9-6(8(13)4-10)2-5(12)3-7(9)11/h2-3H,4,12H2,1H3. The minimum Gasteiger partial charge on any atom is -0.493 e. The first-order valence-corrected chi connectivity index (χ1v) is 4.35. The molecule has 2 N–H and O–H groups in total. The Morgan fingerprint density at radius 1 is 1.64 bits per heavy atom. The monoisotopic (exact) mass is 217 g/mol. The van der Waals surface area contributed by atoms with Crippen molar-refractivity contribution in [1.82, 2.24) is 0 Å². The summed E-state index contributed by atoms with van der Waals surface area (Å²) in [6, 6.07) is 2.43. The van der Waals surface area contributed by atoms with Gasteiger partial charge in [-0.1, -0.05) is 0 Å². The van der Waals surface area contributed by atoms with E-state index < -0.39 is 11.6 Å². The molecule has 0 unspecified atom stereocenters. The lowest BCUT2D eigenvalue weighted by atomic mass is 10.1. The van der Waals surface area contributed by atoms with Crippen LogP contribution in [-0.4, -0.2) is 18.8 Å². The van der Waals surface area contributed by atoms with Crippen LogP contribution >= 0.6 is 11.6 Å². The van der Waals surface area contributed by atoms with Gasteiger partial charge in [0.15, 0.2) is 17.3 Å². The van der Waals surface area contributed by atoms with Gasteiger partial charge in [-0.3, -0.25) is 4.79 Å². The van der Waals surface area contributed by atoms with Crippen molar-refractivity contribution in [2.75, 3.05) is 18.7 Å². The van der Waals surface area contributed by atoms with Crippen molar-refractivity contribution in [1.29, 1.82) is 0 Å². The van der Waals surface area contributed by atoms with E-state index in [1.54, 1.807) is 0 Å². The summed E-state index contributed by atoms with van der Waals surface area (Å²) in [7, 11) is 1.28. The second-order valence-electron chi connectivity index (χ2n) is 2.64. The largest absolute Gasteiger partial charge is 0.493 e. The van der Waals surface area contributed by atoms with Crippen LogP contribution in [0.1, 0.15) is 10.4 Å². The second-order valence-corrected chi connectivity index (χ2v) is 2.91. The topological polar surface area (TPSA) is 52.3 Å². The average molecular weight is 218 g/mol. The van der Waals surface area contributed by atoms with Crippen LogP contribution in [-0.2, 0) is 0 Å². The van der Waals surface area contributed by atoms with Gasteiger partial charge in [0.25, 0.3) is 0 Å². The van der Waals surface area contributed by atoms with E-state index in [1.807, 2.05) is 0 Å². The van der Waals surface area contributed by atoms with Gasteiger partial charge in [-0.05, 0) is 6.07 Å². The van der Waals surface area contributed by atoms with Crippen molar-refractivity contribution in [3.63, 3.8) is 0 Å². The number of carbonyl (C=O) groups is 1. The maximum absolute atomic E-state index is 13.2. The van der Waals surface area contributed by atoms with E-state index >= 15 is 0 Å². The van der Waals surface area contributed by atoms with Gasteiger partial charge in [-0.15, -0.1) is 11.6 Å². The van der Waals surface area contributed by atoms with Gasteiger partial charge < -0.3 is 10.5 Å². The zero-order valence-electron chi connectivity index (χ0n) is 7.51. The van der Waals surface area contributed by atoms with Crippen LogP contribution in [0.15, 0.2) is 12.1 Å². The molecule has 5 heteroatoms. The highest BCUT2D eigenvalue weighted by Crippen LogP contribution is 2.26. The molecule has 0 saturated carbocycles. The summed E-state index contributed by atoms with van der Waals surface area (Å²) in [6.07, 6.45) is 0. The lowest BCUT2D eigenvalue weighted by Gasteiger charge is -2.08. The molecule has 1 aromatic rings. The zero-order valence-corrected chi connectivity index (χ0v) is 8.27. The van der Waals surface area contributed by atoms with Gasteiger partial charge in [-0.2, -0.15) is 0 Å². The Labute approximate surface area is 85.6 Å². The van der Waals surface area contributed by atoms with Crippen molar-refractivity contribution in [3.8, 4) is 5.75 Å². The molecule has 0 saturated heterocycles. The van der Waals surface area contributed by atoms with E-state index in [9.17, 15) is 9.18 Å². The summed E-state index contributed by atoms with van der Waals surface area (Å²) in [5.41, 5.74) is 5.62. The van der Waals surface area contributed by atoms with E-state index in [-0.39, 0.29) is 22.9 Å². The Morgan fingerprint density at radius 2 is 2.29 bits per heavy atom. The summed E-state index contributed by atoms with van der Waals surface area (Å²) in [6.45, 7) is 0. The SMILES string of the molecule is COc1c(F)cc(N)cc1C(=O)CCl. The van der Waals surface area contributed by atoms with Gasteiger partial charge in [0.1, 0.15) is 0 Å². The summed E-state index contributed by atoms with van der Waals surface area (Å²) in [5, 5.41) is 0. The number of nitrogens with two attached hydrogens (primary N) is 1. The highest BCUT2D eigenvalue weighted by atomic mass is 35.5. The fourth-order valence-electron chi connectivity index (χ4n) is 1.10. The first-order chi connectivity index (χ1) is 6.60. The molecule has 14 heavy (non-hydrogen) atoms. The van der Waals surface area contributed by atoms with Crippen LogP contribution in [0.2, 0.25) is 0 Å². The molecule has 0 aliphatic rings. The molecule has 0 atom stereocenters. The van der Waals surface area contributed by atoms with E-state index in [1.165, 1.54) is 13.2 Å². The molecule has 0 heterocycles. The van der Waals surface area contributed by atoms with Crippen LogP contribution < -0.4 is 10.5 Å². The number of hydrogen-bond acceptors (Lipinski definition) is 3. The summed E-state index contributed by atoms with van der Waals surface area (Å²) in [4.78, 5) is 11.3. The Kier molecular flexibility index (Phi) is 3.30. The van der Waals surface area contributed by atoms with Gasteiger partial charge in [0.05, 0.1) is 18.6 Å². The smallest absolute Gasteiger partial charge is 0.181 e. The fraction of sp³-hybridized carbons (Fsp3) is 0.222. The molecule has 0 amide bonds. The molecule has 1 aromatic carbocycles. The number of anilines is 1. The van der Waals surface area contributed by atoms with E-state index in [2.05, 4.69) is 0 Å². The van der Waals surface area contributed by atoms with Crippen LogP contribution in [0.4, 0.5) is 10.1 Å². The van der Waals surface area contributed by atoms with Gasteiger partial charge in [0.2, 0.25) is 0 Å². The summed E-state index contributed by atoms with van der Waals surface area (Å²) >= 11 is 5.35. The van der Waals surface area contributed by atoms with E-state index in [4.69, 9.17) is 22.1 Å². The molecule has 76 valence electrons. The molecule has 0 aromatic heterocycles. The number of nitrogen functional groups attached to an aromatic ring is 1. The molecule has 0 fully saturated rings. The van der Waals surface area contributed by atoms with Gasteiger partial charge >= 0.3 is 0 Å². The molecule has 1 rings (SSSR count). The quantitative estimate of drug-likeness (QED) is 0.478. The zero-order chi connectivity index (χ0) is 10.7. The third kappa shape index (κ3) is 1.96. The van der Waals surface area contributed by atoms with Crippen molar-refractivity contribution in [2.24, 2.45) is 0 Å². The second kappa shape index (κ2) is 4.28. The highest BCUT2D eigenvalue weighted by Gasteiger charge is 2.16. The lowest BCUT2D eigenvalue weighted by molar-refractivity contribution is 0.101. The maximum atomic E-state index is 13.2. The van der Waals surface area contributed by atoms with Crippen LogP contribution in [0.3, 0.4) is 0 Å². The number of benzene rings is 1. The van der Waals surface area contributed by atoms with Crippen LogP contribution in [0.5, 0.6) is 5.75 Å². The van der Waals surface area contributed by atoms with Crippen molar-refractivity contribution < 1.29 is 13.9 Å². The number of rotatable bonds is 3. The fourth-order valence-corrected chi connectivity index (χ4v) is 1.24. The number of ketones is 1. The van der Waals surface area contributed by atoms with Crippen molar-refractivity contribution in [3.05, 3.63) is 23.5 Å². The predicted molar refractivity (Wildman–Crippen MR) is 52.4 cm³/mol. The Morgan fingerprint density at radius 3 is 2.79 bits per heavy atom. The molecule has 0 aliphatic heterocycles. The molecular weight excluding hydrogens is 209 g/mol. The minimum absolute atomic E-state index is 0.0694. The molecular formula is C9H9ClFNO2. The maximum Gasteiger partial charge on any atom is 0.181 e. The molecule has 0 radical (unpaired) electrons.